The molecule has 3 rings (SSSR count). The number of hydrogen-bond donors (Lipinski definition) is 1. The van der Waals surface area contributed by atoms with Crippen molar-refractivity contribution in [3.05, 3.63) is 80.2 Å². The Bertz CT molecular complexity index is 1010. The number of amides is 1. The molecule has 1 heterocycles. The Morgan fingerprint density at radius 2 is 1.84 bits per heavy atom. The summed E-state index contributed by atoms with van der Waals surface area (Å²) in [5, 5.41) is 2.30. The maximum absolute atomic E-state index is 12.8. The van der Waals surface area contributed by atoms with Gasteiger partial charge >= 0.3 is 0 Å². The van der Waals surface area contributed by atoms with Gasteiger partial charge in [-0.05, 0) is 42.1 Å². The number of nitrogens with one attached hydrogen (secondary N) is 1. The first-order valence-electron chi connectivity index (χ1n) is 7.72. The number of carbonyl (C=O) groups excluding carboxylic acids is 1. The van der Waals surface area contributed by atoms with Crippen LogP contribution in [0.3, 0.4) is 0 Å². The molecule has 0 aliphatic heterocycles. The number of hydrogen-bond acceptors (Lipinski definition) is 2. The van der Waals surface area contributed by atoms with Crippen LogP contribution in [0.1, 0.15) is 29.0 Å². The van der Waals surface area contributed by atoms with Gasteiger partial charge in [-0.2, -0.15) is 0 Å². The molecule has 0 saturated carbocycles. The highest BCUT2D eigenvalue weighted by Gasteiger charge is 2.22. The van der Waals surface area contributed by atoms with Gasteiger partial charge in [-0.3, -0.25) is 9.59 Å². The Morgan fingerprint density at radius 3 is 2.56 bits per heavy atom. The molecule has 1 amide bonds. The van der Waals surface area contributed by atoms with E-state index >= 15 is 0 Å². The molecule has 0 bridgehead atoms. The summed E-state index contributed by atoms with van der Waals surface area (Å²) in [6, 6.07) is 13.7. The Balaban J connectivity index is 1.96. The Kier molecular flexibility index (Phi) is 4.84. The monoisotopic (exact) mass is 374 g/mol. The summed E-state index contributed by atoms with van der Waals surface area (Å²) >= 11 is 12.2. The van der Waals surface area contributed by atoms with E-state index in [0.717, 1.165) is 10.9 Å². The number of carbonyl (C=O) groups is 1. The first kappa shape index (κ1) is 17.5. The van der Waals surface area contributed by atoms with Crippen LogP contribution in [-0.2, 0) is 0 Å². The second kappa shape index (κ2) is 6.90. The van der Waals surface area contributed by atoms with Gasteiger partial charge in [0.25, 0.3) is 11.5 Å². The summed E-state index contributed by atoms with van der Waals surface area (Å²) in [6.07, 6.45) is 0. The normalized spacial score (nSPS) is 12.2. The van der Waals surface area contributed by atoms with Gasteiger partial charge in [0.1, 0.15) is 5.69 Å². The summed E-state index contributed by atoms with van der Waals surface area (Å²) in [4.78, 5) is 29.2. The molecule has 128 valence electrons. The fraction of sp³-hybridized carbons (Fsp3) is 0.158. The molecule has 1 atom stereocenters. The number of aromatic amines is 1. The zero-order valence-corrected chi connectivity index (χ0v) is 15.2. The predicted molar refractivity (Wildman–Crippen MR) is 102 cm³/mol. The lowest BCUT2D eigenvalue weighted by Crippen LogP contribution is -2.31. The first-order valence-corrected chi connectivity index (χ1v) is 8.48. The fourth-order valence-electron chi connectivity index (χ4n) is 2.74. The smallest absolute Gasteiger partial charge is 0.270 e. The largest absolute Gasteiger partial charge is 0.334 e. The van der Waals surface area contributed by atoms with Crippen LogP contribution in [0.2, 0.25) is 10.0 Å². The number of pyridine rings is 1. The van der Waals surface area contributed by atoms with E-state index in [1.54, 1.807) is 49.5 Å². The van der Waals surface area contributed by atoms with Crippen molar-refractivity contribution in [3.63, 3.8) is 0 Å². The van der Waals surface area contributed by atoms with Crippen molar-refractivity contribution in [3.8, 4) is 0 Å². The van der Waals surface area contributed by atoms with Crippen LogP contribution in [0.5, 0.6) is 0 Å². The minimum atomic E-state index is -0.290. The second-order valence-electron chi connectivity index (χ2n) is 5.86. The molecule has 1 N–H and O–H groups in total. The fourth-order valence-corrected chi connectivity index (χ4v) is 3.31. The average molecular weight is 375 g/mol. The molecule has 3 aromatic rings. The van der Waals surface area contributed by atoms with E-state index in [1.807, 2.05) is 13.0 Å². The lowest BCUT2D eigenvalue weighted by Gasteiger charge is -2.26. The van der Waals surface area contributed by atoms with Gasteiger partial charge < -0.3 is 9.88 Å². The molecule has 6 heteroatoms. The first-order chi connectivity index (χ1) is 11.9. The Labute approximate surface area is 155 Å². The Hall–Kier alpha value is -2.30. The van der Waals surface area contributed by atoms with Crippen molar-refractivity contribution in [2.45, 2.75) is 13.0 Å². The van der Waals surface area contributed by atoms with Gasteiger partial charge in [0.05, 0.1) is 6.04 Å². The van der Waals surface area contributed by atoms with Gasteiger partial charge in [-0.15, -0.1) is 0 Å². The third-order valence-electron chi connectivity index (χ3n) is 4.30. The highest BCUT2D eigenvalue weighted by atomic mass is 35.5. The van der Waals surface area contributed by atoms with Crippen LogP contribution in [0.4, 0.5) is 0 Å². The van der Waals surface area contributed by atoms with E-state index < -0.39 is 0 Å². The highest BCUT2D eigenvalue weighted by Crippen LogP contribution is 2.29. The summed E-state index contributed by atoms with van der Waals surface area (Å²) in [5.74, 6) is -0.290. The summed E-state index contributed by atoms with van der Waals surface area (Å²) in [6.45, 7) is 1.87. The van der Waals surface area contributed by atoms with E-state index in [1.165, 1.54) is 4.90 Å². The molecule has 1 aromatic heterocycles. The number of nitrogens with zero attached hydrogens (tertiary/aromatic N) is 1. The molecule has 0 fully saturated rings. The van der Waals surface area contributed by atoms with Crippen molar-refractivity contribution < 1.29 is 4.79 Å². The van der Waals surface area contributed by atoms with Crippen LogP contribution >= 0.6 is 23.2 Å². The van der Waals surface area contributed by atoms with Crippen molar-refractivity contribution in [2.24, 2.45) is 0 Å². The minimum Gasteiger partial charge on any atom is -0.334 e. The van der Waals surface area contributed by atoms with Gasteiger partial charge in [0.15, 0.2) is 0 Å². The van der Waals surface area contributed by atoms with Crippen LogP contribution in [-0.4, -0.2) is 22.8 Å². The number of rotatable bonds is 3. The molecule has 0 aliphatic rings. The maximum Gasteiger partial charge on any atom is 0.270 e. The number of H-pyrrole nitrogens is 1. The van der Waals surface area contributed by atoms with E-state index in [4.69, 9.17) is 23.2 Å². The third-order valence-corrected chi connectivity index (χ3v) is 4.86. The van der Waals surface area contributed by atoms with E-state index in [2.05, 4.69) is 4.98 Å². The SMILES string of the molecule is CC(c1ccc(Cl)cc1Cl)N(C)C(=O)c1cc2ccccc2c(=O)[nH]1. The lowest BCUT2D eigenvalue weighted by molar-refractivity contribution is 0.0736. The van der Waals surface area contributed by atoms with Crippen LogP contribution in [0.15, 0.2) is 53.3 Å². The highest BCUT2D eigenvalue weighted by molar-refractivity contribution is 6.35. The quantitative estimate of drug-likeness (QED) is 0.724. The minimum absolute atomic E-state index is 0.239. The molecule has 2 aromatic carbocycles. The van der Waals surface area contributed by atoms with Crippen LogP contribution in [0, 0.1) is 0 Å². The molecule has 0 saturated heterocycles. The molecule has 1 unspecified atom stereocenters. The number of benzene rings is 2. The Morgan fingerprint density at radius 1 is 1.12 bits per heavy atom. The molecular formula is C19H16Cl2N2O2. The summed E-state index contributed by atoms with van der Waals surface area (Å²) < 4.78 is 0. The lowest BCUT2D eigenvalue weighted by atomic mass is 10.1. The summed E-state index contributed by atoms with van der Waals surface area (Å²) in [5.41, 5.74) is 0.736. The number of fused-ring (bicyclic) bond motifs is 1. The predicted octanol–water partition coefficient (Wildman–Crippen LogP) is 4.67. The number of aromatic nitrogens is 1. The van der Waals surface area contributed by atoms with Crippen molar-refractivity contribution in [2.75, 3.05) is 7.05 Å². The molecular weight excluding hydrogens is 359 g/mol. The number of halogens is 2. The van der Waals surface area contributed by atoms with E-state index in [9.17, 15) is 9.59 Å². The van der Waals surface area contributed by atoms with Crippen molar-refractivity contribution in [1.82, 2.24) is 9.88 Å². The van der Waals surface area contributed by atoms with Gasteiger partial charge in [0, 0.05) is 22.5 Å². The van der Waals surface area contributed by atoms with Crippen molar-refractivity contribution in [1.29, 1.82) is 0 Å². The van der Waals surface area contributed by atoms with Gasteiger partial charge in [0.2, 0.25) is 0 Å². The maximum atomic E-state index is 12.8. The van der Waals surface area contributed by atoms with Gasteiger partial charge in [-0.1, -0.05) is 47.5 Å². The molecule has 0 radical (unpaired) electrons. The molecule has 0 spiro atoms. The van der Waals surface area contributed by atoms with Crippen LogP contribution < -0.4 is 5.56 Å². The zero-order valence-electron chi connectivity index (χ0n) is 13.7. The third kappa shape index (κ3) is 3.41. The van der Waals surface area contributed by atoms with Crippen molar-refractivity contribution >= 4 is 39.9 Å². The van der Waals surface area contributed by atoms with Crippen LogP contribution in [0.25, 0.3) is 10.8 Å². The average Bonchev–Trinajstić information content (AvgIpc) is 2.60. The standard InChI is InChI=1S/C19H16Cl2N2O2/c1-11(14-8-7-13(20)10-16(14)21)23(2)19(25)17-9-12-5-3-4-6-15(12)18(24)22-17/h3-11H,1-2H3,(H,22,24). The van der Waals surface area contributed by atoms with Gasteiger partial charge in [-0.25, -0.2) is 0 Å². The summed E-state index contributed by atoms with van der Waals surface area (Å²) in [7, 11) is 1.67. The molecule has 4 nitrogen and oxygen atoms in total. The zero-order chi connectivity index (χ0) is 18.1. The molecule has 0 aliphatic carbocycles. The molecule has 25 heavy (non-hydrogen) atoms. The van der Waals surface area contributed by atoms with E-state index in [0.29, 0.717) is 15.4 Å². The topological polar surface area (TPSA) is 53.2 Å². The van der Waals surface area contributed by atoms with E-state index in [-0.39, 0.29) is 23.2 Å². The second-order valence-corrected chi connectivity index (χ2v) is 6.70.